The van der Waals surface area contributed by atoms with Crippen molar-refractivity contribution < 1.29 is 70.2 Å². The maximum atomic E-state index is 13.2. The molecule has 9 heterocycles. The summed E-state index contributed by atoms with van der Waals surface area (Å²) in [6.45, 7) is 14.3. The van der Waals surface area contributed by atoms with Gasteiger partial charge in [-0.15, -0.1) is 0 Å². The van der Waals surface area contributed by atoms with Crippen molar-refractivity contribution >= 4 is 155 Å². The van der Waals surface area contributed by atoms with Gasteiger partial charge < -0.3 is 90.1 Å². The van der Waals surface area contributed by atoms with Gasteiger partial charge in [-0.1, -0.05) is 89.3 Å². The Morgan fingerprint density at radius 2 is 0.763 bits per heavy atom. The number of ether oxygens (including phenoxy) is 9. The second kappa shape index (κ2) is 39.2. The summed E-state index contributed by atoms with van der Waals surface area (Å²) in [5, 5.41) is 27.2. The third-order valence-corrected chi connectivity index (χ3v) is 20.2. The monoisotopic (exact) mass is 1690 g/mol. The van der Waals surface area contributed by atoms with E-state index in [4.69, 9.17) is 132 Å². The smallest absolute Gasteiger partial charge is 0.405 e. The number of alkyl halides is 3. The van der Waals surface area contributed by atoms with Crippen molar-refractivity contribution in [3.63, 3.8) is 0 Å². The molecule has 3 aliphatic heterocycles. The summed E-state index contributed by atoms with van der Waals surface area (Å²) in [4.78, 5) is 78.7. The van der Waals surface area contributed by atoms with Crippen molar-refractivity contribution in [3.8, 4) is 68.3 Å². The molecule has 0 aliphatic carbocycles. The number of nitrogens with one attached hydrogen (secondary N) is 8. The highest BCUT2D eigenvalue weighted by atomic mass is 35.5. The van der Waals surface area contributed by atoms with E-state index in [9.17, 15) is 27.6 Å². The topological polar surface area (TPSA) is 350 Å². The largest absolute Gasteiger partial charge is 0.495 e. The molecule has 0 spiro atoms. The number of hydrogen-bond donors (Lipinski definition) is 8. The molecular weight excluding hydrogens is 1610 g/mol. The van der Waals surface area contributed by atoms with Gasteiger partial charge >= 0.3 is 6.18 Å². The van der Waals surface area contributed by atoms with E-state index >= 15 is 0 Å². The van der Waals surface area contributed by atoms with Crippen LogP contribution in [0.4, 0.5) is 48.5 Å². The van der Waals surface area contributed by atoms with Crippen molar-refractivity contribution in [2.45, 2.75) is 68.6 Å². The Morgan fingerprint density at radius 1 is 0.465 bits per heavy atom. The van der Waals surface area contributed by atoms with Crippen molar-refractivity contribution in [2.24, 2.45) is 0 Å². The lowest BCUT2D eigenvalue weighted by molar-refractivity contribution is -0.118. The van der Waals surface area contributed by atoms with Crippen LogP contribution in [0.3, 0.4) is 0 Å². The fourth-order valence-corrected chi connectivity index (χ4v) is 14.4. The molecule has 0 unspecified atom stereocenters. The quantitative estimate of drug-likeness (QED) is 0.0233. The van der Waals surface area contributed by atoms with E-state index in [1.54, 1.807) is 30.6 Å². The highest BCUT2D eigenvalue weighted by molar-refractivity contribution is 6.42. The molecule has 0 bridgehead atoms. The van der Waals surface area contributed by atoms with Crippen LogP contribution >= 0.6 is 69.6 Å². The number of amides is 3. The first-order valence-corrected chi connectivity index (χ1v) is 37.4. The van der Waals surface area contributed by atoms with Crippen molar-refractivity contribution in [2.75, 3.05) is 141 Å². The van der Waals surface area contributed by atoms with Gasteiger partial charge in [-0.25, -0.2) is 44.9 Å². The lowest BCUT2D eigenvalue weighted by Gasteiger charge is -2.32. The molecule has 12 rings (SSSR count). The Bertz CT molecular complexity index is 4980. The van der Waals surface area contributed by atoms with E-state index in [0.717, 1.165) is 16.8 Å². The summed E-state index contributed by atoms with van der Waals surface area (Å²) in [5.74, 6) is 3.09. The first-order chi connectivity index (χ1) is 54.7. The van der Waals surface area contributed by atoms with Crippen LogP contribution in [0, 0.1) is 0 Å². The number of benzene rings is 3. The van der Waals surface area contributed by atoms with Gasteiger partial charge in [0.05, 0.1) is 146 Å². The fourth-order valence-electron chi connectivity index (χ4n) is 12.3. The molecule has 30 nitrogen and oxygen atoms in total. The molecule has 9 aromatic rings. The van der Waals surface area contributed by atoms with Crippen molar-refractivity contribution in [1.29, 1.82) is 0 Å². The van der Waals surface area contributed by atoms with Crippen LogP contribution in [0.15, 0.2) is 93.0 Å². The summed E-state index contributed by atoms with van der Waals surface area (Å²) in [5.41, 5.74) is 3.64. The number of carbonyl (C=O) groups is 3. The number of fused-ring (bicyclic) bond motifs is 3. The zero-order valence-corrected chi connectivity index (χ0v) is 67.6. The summed E-state index contributed by atoms with van der Waals surface area (Å²) in [7, 11) is 12.6. The summed E-state index contributed by atoms with van der Waals surface area (Å²) in [6, 6.07) is 8.45. The molecule has 0 radical (unpaired) electrons. The van der Waals surface area contributed by atoms with Gasteiger partial charge in [0.25, 0.3) is 0 Å². The molecule has 3 aromatic carbocycles. The number of nitrogens with zero attached hydrogens (tertiary/aromatic N) is 10. The first kappa shape index (κ1) is 86.2. The number of rotatable bonds is 26. The predicted octanol–water partition coefficient (Wildman–Crippen LogP) is 13.1. The van der Waals surface area contributed by atoms with Gasteiger partial charge in [-0.05, 0) is 62.6 Å². The molecule has 114 heavy (non-hydrogen) atoms. The third-order valence-electron chi connectivity index (χ3n) is 17.9. The number of hydrogen-bond acceptors (Lipinski definition) is 27. The van der Waals surface area contributed by atoms with E-state index < -0.39 is 18.8 Å². The zero-order chi connectivity index (χ0) is 82.2. The minimum absolute atomic E-state index is 0.0889. The molecule has 6 aromatic heterocycles. The average Bonchev–Trinajstić information content (AvgIpc) is 0.769. The van der Waals surface area contributed by atoms with Gasteiger partial charge in [-0.2, -0.15) is 13.2 Å². The molecule has 8 N–H and O–H groups in total. The normalized spacial score (nSPS) is 17.2. The molecule has 3 aliphatic rings. The highest BCUT2D eigenvalue weighted by Gasteiger charge is 2.34. The first-order valence-electron chi connectivity index (χ1n) is 35.1. The fraction of sp³-hybridized carbons (Fsp3) is 0.360. The van der Waals surface area contributed by atoms with E-state index in [0.29, 0.717) is 164 Å². The van der Waals surface area contributed by atoms with Crippen LogP contribution in [-0.2, 0) is 28.6 Å². The van der Waals surface area contributed by atoms with Crippen molar-refractivity contribution in [1.82, 2.24) is 60.8 Å². The average molecular weight is 1700 g/mol. The molecule has 3 fully saturated rings. The lowest BCUT2D eigenvalue weighted by Crippen LogP contribution is -2.52. The molecule has 3 amide bonds. The van der Waals surface area contributed by atoms with Gasteiger partial charge in [0, 0.05) is 110 Å². The Balaban J connectivity index is 0.000000181. The van der Waals surface area contributed by atoms with Gasteiger partial charge in [0.2, 0.25) is 35.6 Å². The minimum atomic E-state index is -4.54. The number of carbonyl (C=O) groups excluding carboxylic acids is 3. The van der Waals surface area contributed by atoms with Gasteiger partial charge in [0.1, 0.15) is 57.6 Å². The second-order valence-corrected chi connectivity index (χ2v) is 27.8. The van der Waals surface area contributed by atoms with Gasteiger partial charge in [-0.3, -0.25) is 14.4 Å². The summed E-state index contributed by atoms with van der Waals surface area (Å²) >= 11 is 39.6. The van der Waals surface area contributed by atoms with Crippen LogP contribution in [0.25, 0.3) is 66.5 Å². The van der Waals surface area contributed by atoms with E-state index in [1.807, 2.05) is 38.1 Å². The molecule has 606 valence electrons. The molecule has 39 heteroatoms. The van der Waals surface area contributed by atoms with Crippen LogP contribution in [0.2, 0.25) is 30.1 Å². The Hall–Kier alpha value is -10.2. The maximum absolute atomic E-state index is 13.2. The number of anilines is 6. The Morgan fingerprint density at radius 3 is 1.05 bits per heavy atom. The zero-order valence-electron chi connectivity index (χ0n) is 63.1. The number of pyridine rings is 3. The highest BCUT2D eigenvalue weighted by Crippen LogP contribution is 2.50. The van der Waals surface area contributed by atoms with Crippen LogP contribution in [0.1, 0.15) is 26.2 Å². The van der Waals surface area contributed by atoms with E-state index in [-0.39, 0.29) is 105 Å². The Kier molecular flexibility index (Phi) is 29.6. The predicted molar refractivity (Wildman–Crippen MR) is 436 cm³/mol. The van der Waals surface area contributed by atoms with Crippen molar-refractivity contribution in [3.05, 3.63) is 123 Å². The third kappa shape index (κ3) is 20.5. The van der Waals surface area contributed by atoms with Gasteiger partial charge in [0.15, 0.2) is 17.5 Å². The van der Waals surface area contributed by atoms with Crippen LogP contribution < -0.4 is 75.9 Å². The number of aromatic nitrogens is 9. The van der Waals surface area contributed by atoms with Crippen LogP contribution in [0.5, 0.6) is 34.5 Å². The number of halogens is 9. The molecular formula is C75H81Cl6F3N18O12. The van der Waals surface area contributed by atoms with E-state index in [2.05, 4.69) is 87.2 Å². The minimum Gasteiger partial charge on any atom is -0.495 e. The van der Waals surface area contributed by atoms with Crippen LogP contribution in [-0.4, -0.2) is 214 Å². The maximum Gasteiger partial charge on any atom is 0.405 e. The van der Waals surface area contributed by atoms with E-state index in [1.165, 1.54) is 67.1 Å². The molecule has 6 atom stereocenters. The second-order valence-electron chi connectivity index (χ2n) is 25.5. The molecule has 3 saturated heterocycles. The SMILES string of the molecule is C=CC(=O)N[C@H]1CCOC[C@H]1Nc1ncc2cc(-c3c(Cl)c(OC)cc(OC)c3Cl)nc(N(C)C)c2n1.C=CC(=O)N[C@H]1CCOC[C@H]1Nc1ncc2cc(-c3c(Cl)c(OC)cc(OC)c3Cl)nc(NCC(F)(F)F)c2n1.C=CC(=O)N[C@H]1CCOC[C@H]1Nc1ncc2cc(-c3c(Cl)c(OC)cc(OC)c3Cl)nc(NCC)c2n1. The Labute approximate surface area is 683 Å². The molecule has 0 saturated carbocycles. The summed E-state index contributed by atoms with van der Waals surface area (Å²) < 4.78 is 88.6. The standard InChI is InChI=1S/C25H25Cl2F3N6O4.2C25H28Cl2N6O4/c1-4-18(37)33-13-5-6-40-10-15(13)35-24-31-9-12-7-14(34-23(22(12)36-24)32-11-25(28,29)30)19-20(26)16(38-2)8-17(39-3)21(19)27;1-6-19(34)29-14-7-8-37-12-16(14)31-25-28-11-13-9-15(30-24(33(2)3)23(13)32-25)20-21(26)17(35-4)10-18(36-5)22(20)27;1-5-19(34)30-14-7-8-37-12-16(14)32-25-29-11-13-9-15(31-24(28-6-2)23(13)33-25)20-21(26)17(35-3)10-18(36-4)22(20)27/h4,7-9,13,15H,1,5-6,10-11H2,2-3H3,(H,32,34)(H,33,37)(H,31,35,36);6,9-11,14,16H,1,7-8,12H2,2-5H3,(H,29,34)(H,28,31,32);5,9-11,14,16H,1,6-8,12H2,2-4H3,(H,28,31)(H,30,34)(H,29,32,33)/t13-,15+;2*14-,16+/m000/s1. The summed E-state index contributed by atoms with van der Waals surface area (Å²) in [6.07, 6.45) is 5.78. The number of methoxy groups -OCH3 is 6. The lowest BCUT2D eigenvalue weighted by atomic mass is 10.0.